The highest BCUT2D eigenvalue weighted by atomic mass is 31.2. The van der Waals surface area contributed by atoms with Crippen molar-refractivity contribution in [2.24, 2.45) is 0 Å². The molecule has 0 aromatic heterocycles. The first-order valence-electron chi connectivity index (χ1n) is 7.42. The van der Waals surface area contributed by atoms with Gasteiger partial charge in [-0.05, 0) is 19.3 Å². The van der Waals surface area contributed by atoms with E-state index < -0.39 is 13.9 Å². The molecule has 0 saturated heterocycles. The van der Waals surface area contributed by atoms with Crippen LogP contribution in [0.3, 0.4) is 0 Å². The van der Waals surface area contributed by atoms with Crippen LogP contribution in [0.4, 0.5) is 0 Å². The summed E-state index contributed by atoms with van der Waals surface area (Å²) in [5, 5.41) is 8.95. The van der Waals surface area contributed by atoms with Crippen molar-refractivity contribution in [1.29, 1.82) is 5.26 Å². The zero-order valence-electron chi connectivity index (χ0n) is 13.1. The zero-order chi connectivity index (χ0) is 16.0. The van der Waals surface area contributed by atoms with Gasteiger partial charge in [0.15, 0.2) is 6.10 Å². The van der Waals surface area contributed by atoms with Crippen molar-refractivity contribution in [1.82, 2.24) is 0 Å². The molecule has 0 aliphatic heterocycles. The molecule has 0 spiro atoms. The average molecular weight is 323 g/mol. The Hall–Kier alpha value is -0.480. The van der Waals surface area contributed by atoms with Crippen LogP contribution in [0.5, 0.6) is 0 Å². The Morgan fingerprint density at radius 1 is 1.00 bits per heavy atom. The van der Waals surface area contributed by atoms with E-state index in [-0.39, 0.29) is 13.2 Å². The number of unbranched alkanes of at least 4 members (excludes halogenated alkanes) is 2. The van der Waals surface area contributed by atoms with Crippen molar-refractivity contribution in [2.75, 3.05) is 13.2 Å². The van der Waals surface area contributed by atoms with E-state index in [1.165, 1.54) is 0 Å². The molecule has 1 atom stereocenters. The first kappa shape index (κ1) is 20.5. The van der Waals surface area contributed by atoms with Gasteiger partial charge in [-0.3, -0.25) is 4.52 Å². The second kappa shape index (κ2) is 13.2. The fraction of sp³-hybridized carbons (Fsp3) is 0.923. The Kier molecular flexibility index (Phi) is 12.9. The van der Waals surface area contributed by atoms with E-state index in [0.717, 1.165) is 25.7 Å². The molecule has 0 aromatic rings. The van der Waals surface area contributed by atoms with Crippen LogP contribution in [0, 0.1) is 11.3 Å². The van der Waals surface area contributed by atoms with Gasteiger partial charge in [-0.1, -0.05) is 40.0 Å². The van der Waals surface area contributed by atoms with Crippen LogP contribution in [0.25, 0.3) is 0 Å². The topological polar surface area (TPSA) is 87.0 Å². The predicted molar refractivity (Wildman–Crippen MR) is 76.9 cm³/mol. The van der Waals surface area contributed by atoms with Gasteiger partial charge in [-0.15, -0.1) is 9.35 Å². The summed E-state index contributed by atoms with van der Waals surface area (Å²) in [6.45, 7) is 6.36. The van der Waals surface area contributed by atoms with Crippen LogP contribution in [-0.4, -0.2) is 19.3 Å². The molecule has 0 aliphatic rings. The van der Waals surface area contributed by atoms with E-state index in [9.17, 15) is 4.57 Å². The molecular weight excluding hydrogens is 297 g/mol. The highest BCUT2D eigenvalue weighted by Gasteiger charge is 2.34. The molecule has 1 unspecified atom stereocenters. The third-order valence-electron chi connectivity index (χ3n) is 2.40. The van der Waals surface area contributed by atoms with Gasteiger partial charge in [0, 0.05) is 0 Å². The smallest absolute Gasteiger partial charge is 0.265 e. The second-order valence-corrected chi connectivity index (χ2v) is 5.86. The number of hydrogen-bond donors (Lipinski definition) is 0. The number of phosphoric acid groups is 1. The Bertz CT molecular complexity index is 317. The Morgan fingerprint density at radius 2 is 1.52 bits per heavy atom. The molecule has 124 valence electrons. The van der Waals surface area contributed by atoms with Gasteiger partial charge in [0.25, 0.3) is 0 Å². The molecule has 0 rings (SSSR count). The zero-order valence-corrected chi connectivity index (χ0v) is 14.0. The van der Waals surface area contributed by atoms with Gasteiger partial charge in [-0.25, -0.2) is 14.3 Å². The monoisotopic (exact) mass is 323 g/mol. The van der Waals surface area contributed by atoms with E-state index in [1.807, 2.05) is 26.8 Å². The van der Waals surface area contributed by atoms with Crippen LogP contribution >= 0.6 is 7.82 Å². The highest BCUT2D eigenvalue weighted by molar-refractivity contribution is 7.48. The SMILES string of the molecule is CCCCOOP(=O)(OOCCCC)OC(C#N)CCC. The van der Waals surface area contributed by atoms with Crippen molar-refractivity contribution in [3.8, 4) is 6.07 Å². The van der Waals surface area contributed by atoms with Crippen LogP contribution in [0.2, 0.25) is 0 Å². The van der Waals surface area contributed by atoms with E-state index in [2.05, 4.69) is 0 Å². The molecule has 7 nitrogen and oxygen atoms in total. The minimum atomic E-state index is -4.07. The van der Waals surface area contributed by atoms with E-state index in [0.29, 0.717) is 12.8 Å². The maximum Gasteiger partial charge on any atom is 0.530 e. The first-order valence-corrected chi connectivity index (χ1v) is 8.88. The fourth-order valence-electron chi connectivity index (χ4n) is 1.22. The largest absolute Gasteiger partial charge is 0.530 e. The minimum absolute atomic E-state index is 0.257. The maximum absolute atomic E-state index is 12.3. The number of nitriles is 1. The highest BCUT2D eigenvalue weighted by Crippen LogP contribution is 2.51. The second-order valence-electron chi connectivity index (χ2n) is 4.46. The first-order chi connectivity index (χ1) is 10.1. The summed E-state index contributed by atoms with van der Waals surface area (Å²) in [4.78, 5) is 9.63. The summed E-state index contributed by atoms with van der Waals surface area (Å²) in [6, 6.07) is 1.90. The molecule has 0 amide bonds. The summed E-state index contributed by atoms with van der Waals surface area (Å²) in [5.74, 6) is 0. The number of hydrogen-bond acceptors (Lipinski definition) is 7. The van der Waals surface area contributed by atoms with Crippen molar-refractivity contribution >= 4 is 7.82 Å². The summed E-state index contributed by atoms with van der Waals surface area (Å²) in [6.07, 6.45) is 3.51. The lowest BCUT2D eigenvalue weighted by molar-refractivity contribution is -0.283. The third kappa shape index (κ3) is 10.8. The molecule has 0 bridgehead atoms. The lowest BCUT2D eigenvalue weighted by Crippen LogP contribution is -2.12. The summed E-state index contributed by atoms with van der Waals surface area (Å²) in [7, 11) is -4.07. The van der Waals surface area contributed by atoms with E-state index in [1.54, 1.807) is 0 Å². The number of nitrogens with zero attached hydrogens (tertiary/aromatic N) is 1. The maximum atomic E-state index is 12.3. The molecule has 0 radical (unpaired) electrons. The van der Waals surface area contributed by atoms with Gasteiger partial charge >= 0.3 is 7.82 Å². The normalized spacial score (nSPS) is 13.0. The Balaban J connectivity index is 4.42. The molecule has 0 aliphatic carbocycles. The Labute approximate surface area is 126 Å². The molecule has 0 N–H and O–H groups in total. The lowest BCUT2D eigenvalue weighted by atomic mass is 10.2. The average Bonchev–Trinajstić information content (AvgIpc) is 2.48. The van der Waals surface area contributed by atoms with E-state index in [4.69, 9.17) is 28.9 Å². The van der Waals surface area contributed by atoms with Crippen molar-refractivity contribution < 1.29 is 28.2 Å². The molecule has 21 heavy (non-hydrogen) atoms. The third-order valence-corrected chi connectivity index (χ3v) is 3.49. The van der Waals surface area contributed by atoms with Gasteiger partial charge in [0.2, 0.25) is 0 Å². The molecule has 0 fully saturated rings. The fourth-order valence-corrected chi connectivity index (χ4v) is 2.18. The van der Waals surface area contributed by atoms with Crippen molar-refractivity contribution in [3.05, 3.63) is 0 Å². The van der Waals surface area contributed by atoms with Crippen LogP contribution in [-0.2, 0) is 28.2 Å². The number of rotatable bonds is 14. The quantitative estimate of drug-likeness (QED) is 0.204. The summed E-state index contributed by atoms with van der Waals surface area (Å²) < 4.78 is 26.9. The van der Waals surface area contributed by atoms with Crippen molar-refractivity contribution in [3.63, 3.8) is 0 Å². The van der Waals surface area contributed by atoms with Gasteiger partial charge < -0.3 is 0 Å². The summed E-state index contributed by atoms with van der Waals surface area (Å²) in [5.41, 5.74) is 0. The van der Waals surface area contributed by atoms with Crippen LogP contribution in [0.15, 0.2) is 0 Å². The van der Waals surface area contributed by atoms with Crippen LogP contribution < -0.4 is 0 Å². The van der Waals surface area contributed by atoms with Gasteiger partial charge in [0.1, 0.15) is 0 Å². The lowest BCUT2D eigenvalue weighted by Gasteiger charge is -2.18. The minimum Gasteiger partial charge on any atom is -0.265 e. The standard InChI is InChI=1S/C13H26NO6P/c1-4-7-10-16-19-21(15,20-17-11-8-5-2)18-13(12-14)9-6-3/h13H,4-11H2,1-3H3. The van der Waals surface area contributed by atoms with Crippen molar-refractivity contribution in [2.45, 2.75) is 65.4 Å². The predicted octanol–water partition coefficient (Wildman–Crippen LogP) is 4.30. The molecular formula is C13H26NO6P. The molecule has 0 aromatic carbocycles. The molecule has 8 heteroatoms. The van der Waals surface area contributed by atoms with Crippen LogP contribution in [0.1, 0.15) is 59.3 Å². The Morgan fingerprint density at radius 3 is 1.90 bits per heavy atom. The molecule has 0 heterocycles. The van der Waals surface area contributed by atoms with Gasteiger partial charge in [-0.2, -0.15) is 5.26 Å². The van der Waals surface area contributed by atoms with Gasteiger partial charge in [0.05, 0.1) is 19.3 Å². The summed E-state index contributed by atoms with van der Waals surface area (Å²) >= 11 is 0. The molecule has 0 saturated carbocycles. The van der Waals surface area contributed by atoms with E-state index >= 15 is 0 Å².